The average molecular weight is 446 g/mol. The van der Waals surface area contributed by atoms with Crippen molar-refractivity contribution in [3.05, 3.63) is 77.9 Å². The van der Waals surface area contributed by atoms with Crippen molar-refractivity contribution in [1.29, 1.82) is 0 Å². The van der Waals surface area contributed by atoms with Gasteiger partial charge in [-0.2, -0.15) is 0 Å². The van der Waals surface area contributed by atoms with Crippen LogP contribution in [0.3, 0.4) is 0 Å². The Labute approximate surface area is 193 Å². The van der Waals surface area contributed by atoms with Gasteiger partial charge in [0.25, 0.3) is 5.91 Å². The zero-order valence-electron chi connectivity index (χ0n) is 18.6. The summed E-state index contributed by atoms with van der Waals surface area (Å²) >= 11 is 0. The molecule has 3 aromatic rings. The van der Waals surface area contributed by atoms with Crippen molar-refractivity contribution in [3.8, 4) is 17.2 Å². The zero-order valence-corrected chi connectivity index (χ0v) is 18.6. The number of carbonyl (C=O) groups is 1. The topological polar surface area (TPSA) is 63.3 Å². The molecule has 0 unspecified atom stereocenters. The summed E-state index contributed by atoms with van der Waals surface area (Å²) in [6, 6.07) is 21.4. The second kappa shape index (κ2) is 9.42. The van der Waals surface area contributed by atoms with Crippen molar-refractivity contribution in [1.82, 2.24) is 4.90 Å². The van der Waals surface area contributed by atoms with E-state index in [9.17, 15) is 4.79 Å². The average Bonchev–Trinajstić information content (AvgIpc) is 3.33. The van der Waals surface area contributed by atoms with Crippen LogP contribution in [0.15, 0.2) is 66.7 Å². The van der Waals surface area contributed by atoms with E-state index in [1.165, 1.54) is 5.56 Å². The second-order valence-corrected chi connectivity index (χ2v) is 8.15. The fraction of sp³-hybridized carbons (Fsp3) is 0.269. The Morgan fingerprint density at radius 2 is 1.70 bits per heavy atom. The molecule has 7 heteroatoms. The van der Waals surface area contributed by atoms with E-state index in [0.29, 0.717) is 22.7 Å². The third kappa shape index (κ3) is 4.73. The molecule has 2 aliphatic rings. The number of nitrogens with one attached hydrogen (secondary N) is 1. The van der Waals surface area contributed by atoms with Crippen molar-refractivity contribution in [2.45, 2.75) is 6.54 Å². The number of anilines is 2. The standard InChI is InChI=1S/C26H27N3O4/c1-31-23-5-3-2-4-22(23)29-14-12-28(13-15-29)17-19-6-8-20(9-7-19)26(30)27-21-10-11-24-25(16-21)33-18-32-24/h2-11,16H,12-15,17-18H2,1H3,(H,27,30). The Hall–Kier alpha value is -3.71. The monoisotopic (exact) mass is 445 g/mol. The predicted molar refractivity (Wildman–Crippen MR) is 127 cm³/mol. The van der Waals surface area contributed by atoms with Gasteiger partial charge in [-0.3, -0.25) is 9.69 Å². The molecular weight excluding hydrogens is 418 g/mol. The minimum Gasteiger partial charge on any atom is -0.495 e. The highest BCUT2D eigenvalue weighted by atomic mass is 16.7. The Morgan fingerprint density at radius 3 is 2.48 bits per heavy atom. The molecule has 2 aliphatic heterocycles. The van der Waals surface area contributed by atoms with Crippen molar-refractivity contribution >= 4 is 17.3 Å². The lowest BCUT2D eigenvalue weighted by molar-refractivity contribution is 0.102. The van der Waals surface area contributed by atoms with Crippen LogP contribution in [0.4, 0.5) is 11.4 Å². The highest BCUT2D eigenvalue weighted by Crippen LogP contribution is 2.34. The van der Waals surface area contributed by atoms with Gasteiger partial charge in [-0.05, 0) is 42.0 Å². The van der Waals surface area contributed by atoms with Gasteiger partial charge in [0.15, 0.2) is 11.5 Å². The molecule has 1 saturated heterocycles. The van der Waals surface area contributed by atoms with Gasteiger partial charge in [0.1, 0.15) is 5.75 Å². The molecule has 0 aromatic heterocycles. The number of rotatable bonds is 6. The number of piperazine rings is 1. The Kier molecular flexibility index (Phi) is 6.04. The molecule has 0 saturated carbocycles. The van der Waals surface area contributed by atoms with Crippen LogP contribution in [0.2, 0.25) is 0 Å². The predicted octanol–water partition coefficient (Wildman–Crippen LogP) is 4.00. The van der Waals surface area contributed by atoms with Crippen LogP contribution in [0.5, 0.6) is 17.2 Å². The maximum absolute atomic E-state index is 12.6. The van der Waals surface area contributed by atoms with E-state index in [-0.39, 0.29) is 12.7 Å². The first-order valence-electron chi connectivity index (χ1n) is 11.1. The number of carbonyl (C=O) groups excluding carboxylic acids is 1. The minimum absolute atomic E-state index is 0.147. The highest BCUT2D eigenvalue weighted by Gasteiger charge is 2.20. The molecule has 0 bridgehead atoms. The van der Waals surface area contributed by atoms with Crippen LogP contribution in [0.25, 0.3) is 0 Å². The van der Waals surface area contributed by atoms with Gasteiger partial charge in [-0.15, -0.1) is 0 Å². The SMILES string of the molecule is COc1ccccc1N1CCN(Cc2ccc(C(=O)Nc3ccc4c(c3)OCO4)cc2)CC1. The van der Waals surface area contributed by atoms with E-state index in [1.54, 1.807) is 19.2 Å². The number of benzene rings is 3. The summed E-state index contributed by atoms with van der Waals surface area (Å²) in [6.07, 6.45) is 0. The molecule has 5 rings (SSSR count). The smallest absolute Gasteiger partial charge is 0.255 e. The maximum atomic E-state index is 12.6. The molecular formula is C26H27N3O4. The number of hydrogen-bond donors (Lipinski definition) is 1. The molecule has 0 spiro atoms. The molecule has 0 radical (unpaired) electrons. The van der Waals surface area contributed by atoms with Crippen molar-refractivity contribution in [3.63, 3.8) is 0 Å². The summed E-state index contributed by atoms with van der Waals surface area (Å²) in [5.74, 6) is 2.11. The highest BCUT2D eigenvalue weighted by molar-refractivity contribution is 6.04. The fourth-order valence-corrected chi connectivity index (χ4v) is 4.24. The normalized spacial score (nSPS) is 15.4. The number of nitrogens with zero attached hydrogens (tertiary/aromatic N) is 2. The molecule has 7 nitrogen and oxygen atoms in total. The summed E-state index contributed by atoms with van der Waals surface area (Å²) in [6.45, 7) is 4.94. The number of amides is 1. The first-order valence-corrected chi connectivity index (χ1v) is 11.1. The summed E-state index contributed by atoms with van der Waals surface area (Å²) in [4.78, 5) is 17.4. The van der Waals surface area contributed by atoms with E-state index in [4.69, 9.17) is 14.2 Å². The number of para-hydroxylation sites is 2. The van der Waals surface area contributed by atoms with E-state index >= 15 is 0 Å². The third-order valence-corrected chi connectivity index (χ3v) is 6.05. The Morgan fingerprint density at radius 1 is 0.939 bits per heavy atom. The number of hydrogen-bond acceptors (Lipinski definition) is 6. The second-order valence-electron chi connectivity index (χ2n) is 8.15. The number of fused-ring (bicyclic) bond motifs is 1. The van der Waals surface area contributed by atoms with Crippen LogP contribution in [-0.4, -0.2) is 50.9 Å². The maximum Gasteiger partial charge on any atom is 0.255 e. The van der Waals surface area contributed by atoms with E-state index in [2.05, 4.69) is 27.2 Å². The molecule has 1 N–H and O–H groups in total. The minimum atomic E-state index is -0.147. The van der Waals surface area contributed by atoms with Crippen molar-refractivity contribution in [2.75, 3.05) is 50.3 Å². The Balaban J connectivity index is 1.15. The fourth-order valence-electron chi connectivity index (χ4n) is 4.24. The first kappa shape index (κ1) is 21.2. The van der Waals surface area contributed by atoms with Gasteiger partial charge < -0.3 is 24.4 Å². The van der Waals surface area contributed by atoms with Crippen molar-refractivity contribution < 1.29 is 19.0 Å². The lowest BCUT2D eigenvalue weighted by atomic mass is 10.1. The molecule has 0 aliphatic carbocycles. The summed E-state index contributed by atoms with van der Waals surface area (Å²) in [5.41, 5.74) is 3.65. The quantitative estimate of drug-likeness (QED) is 0.619. The number of ether oxygens (including phenoxy) is 3. The van der Waals surface area contributed by atoms with Crippen LogP contribution in [0, 0.1) is 0 Å². The lowest BCUT2D eigenvalue weighted by Gasteiger charge is -2.36. The van der Waals surface area contributed by atoms with Gasteiger partial charge in [-0.25, -0.2) is 0 Å². The van der Waals surface area contributed by atoms with Crippen LogP contribution in [0.1, 0.15) is 15.9 Å². The summed E-state index contributed by atoms with van der Waals surface area (Å²) in [5, 5.41) is 2.92. The van der Waals surface area contributed by atoms with E-state index in [1.807, 2.05) is 42.5 Å². The van der Waals surface area contributed by atoms with Gasteiger partial charge in [0.2, 0.25) is 6.79 Å². The molecule has 0 atom stereocenters. The molecule has 1 fully saturated rings. The molecule has 2 heterocycles. The molecule has 170 valence electrons. The van der Waals surface area contributed by atoms with E-state index < -0.39 is 0 Å². The molecule has 3 aromatic carbocycles. The van der Waals surface area contributed by atoms with Crippen LogP contribution >= 0.6 is 0 Å². The summed E-state index contributed by atoms with van der Waals surface area (Å²) in [7, 11) is 1.72. The largest absolute Gasteiger partial charge is 0.495 e. The first-order chi connectivity index (χ1) is 16.2. The van der Waals surface area contributed by atoms with Gasteiger partial charge in [0.05, 0.1) is 12.8 Å². The lowest BCUT2D eigenvalue weighted by Crippen LogP contribution is -2.46. The summed E-state index contributed by atoms with van der Waals surface area (Å²) < 4.78 is 16.2. The van der Waals surface area contributed by atoms with Gasteiger partial charge >= 0.3 is 0 Å². The third-order valence-electron chi connectivity index (χ3n) is 6.05. The Bertz CT molecular complexity index is 1120. The van der Waals surface area contributed by atoms with Gasteiger partial charge in [-0.1, -0.05) is 24.3 Å². The van der Waals surface area contributed by atoms with Crippen LogP contribution < -0.4 is 24.4 Å². The van der Waals surface area contributed by atoms with Crippen LogP contribution in [-0.2, 0) is 6.54 Å². The van der Waals surface area contributed by atoms with Gasteiger partial charge in [0, 0.05) is 50.0 Å². The number of methoxy groups -OCH3 is 1. The molecule has 33 heavy (non-hydrogen) atoms. The zero-order chi connectivity index (χ0) is 22.6. The van der Waals surface area contributed by atoms with Crippen molar-refractivity contribution in [2.24, 2.45) is 0 Å². The molecule has 1 amide bonds. The van der Waals surface area contributed by atoms with E-state index in [0.717, 1.165) is 44.2 Å².